The van der Waals surface area contributed by atoms with Crippen LogP contribution in [0.2, 0.25) is 0 Å². The van der Waals surface area contributed by atoms with Gasteiger partial charge in [0, 0.05) is 38.4 Å². The van der Waals surface area contributed by atoms with Crippen LogP contribution in [0.5, 0.6) is 0 Å². The van der Waals surface area contributed by atoms with Gasteiger partial charge in [-0.15, -0.1) is 0 Å². The predicted molar refractivity (Wildman–Crippen MR) is 133 cm³/mol. The van der Waals surface area contributed by atoms with E-state index in [0.29, 0.717) is 29.0 Å². The van der Waals surface area contributed by atoms with Crippen molar-refractivity contribution in [1.29, 1.82) is 0 Å². The van der Waals surface area contributed by atoms with Crippen LogP contribution in [0, 0.1) is 12.7 Å². The molecule has 2 aliphatic rings. The molecule has 1 N–H and O–H groups in total. The maximum atomic E-state index is 13.5. The molecule has 7 nitrogen and oxygen atoms in total. The quantitative estimate of drug-likeness (QED) is 0.552. The topological polar surface area (TPSA) is 76.1 Å². The first-order valence-electron chi connectivity index (χ1n) is 12.1. The Labute approximate surface area is 199 Å². The third kappa shape index (κ3) is 5.17. The molecule has 0 bridgehead atoms. The molecule has 1 aliphatic heterocycles. The summed E-state index contributed by atoms with van der Waals surface area (Å²) in [6.45, 7) is 3.91. The van der Waals surface area contributed by atoms with Crippen molar-refractivity contribution in [3.05, 3.63) is 47.3 Å². The van der Waals surface area contributed by atoms with Crippen molar-refractivity contribution in [2.24, 2.45) is 0 Å². The largest absolute Gasteiger partial charge is 0.381 e. The zero-order valence-electron chi connectivity index (χ0n) is 19.8. The minimum atomic E-state index is -0.313. The third-order valence-electron chi connectivity index (χ3n) is 6.75. The van der Waals surface area contributed by atoms with Gasteiger partial charge in [0.2, 0.25) is 0 Å². The molecule has 0 radical (unpaired) electrons. The van der Waals surface area contributed by atoms with Crippen molar-refractivity contribution < 1.29 is 9.13 Å². The second kappa shape index (κ2) is 10.0. The summed E-state index contributed by atoms with van der Waals surface area (Å²) in [7, 11) is 1.80. The summed E-state index contributed by atoms with van der Waals surface area (Å²) < 4.78 is 19.0. The lowest BCUT2D eigenvalue weighted by Gasteiger charge is -2.29. The number of aryl methyl sites for hydroxylation is 1. The van der Waals surface area contributed by atoms with Gasteiger partial charge < -0.3 is 15.0 Å². The summed E-state index contributed by atoms with van der Waals surface area (Å²) in [4.78, 5) is 21.1. The lowest BCUT2D eigenvalue weighted by molar-refractivity contribution is 0.0681. The molecule has 2 aromatic heterocycles. The zero-order chi connectivity index (χ0) is 23.5. The predicted octanol–water partition coefficient (Wildman–Crippen LogP) is 5.01. The van der Waals surface area contributed by atoms with Crippen LogP contribution in [0.15, 0.2) is 24.3 Å². The summed E-state index contributed by atoms with van der Waals surface area (Å²) in [5.74, 6) is 2.14. The standard InChI is InChI=1S/C26H31FN6O/c1-17-21(30-22-10-5-18(27)15-23(22)28-17)11-12-24-31-25(16-26(32-24)33-13-3-4-14-33)29-19-6-8-20(34-2)9-7-19/h5,10-12,15-16,19-20H,3-4,6-9,13-14H2,1-2H3,(H,29,31,32). The third-order valence-corrected chi connectivity index (χ3v) is 6.75. The van der Waals surface area contributed by atoms with Crippen LogP contribution in [0.1, 0.15) is 55.7 Å². The minimum absolute atomic E-state index is 0.313. The first-order valence-corrected chi connectivity index (χ1v) is 12.1. The molecule has 1 saturated carbocycles. The summed E-state index contributed by atoms with van der Waals surface area (Å²) in [5, 5.41) is 3.64. The summed E-state index contributed by atoms with van der Waals surface area (Å²) in [6, 6.07) is 6.92. The number of aromatic nitrogens is 4. The van der Waals surface area contributed by atoms with Gasteiger partial charge in [-0.2, -0.15) is 0 Å². The van der Waals surface area contributed by atoms with Crippen molar-refractivity contribution in [1.82, 2.24) is 19.9 Å². The number of benzene rings is 1. The van der Waals surface area contributed by atoms with E-state index in [1.54, 1.807) is 13.2 Å². The van der Waals surface area contributed by atoms with E-state index < -0.39 is 0 Å². The van der Waals surface area contributed by atoms with Gasteiger partial charge in [-0.3, -0.25) is 0 Å². The molecule has 0 spiro atoms. The van der Waals surface area contributed by atoms with Crippen molar-refractivity contribution in [2.45, 2.75) is 57.6 Å². The highest BCUT2D eigenvalue weighted by molar-refractivity contribution is 5.77. The van der Waals surface area contributed by atoms with Gasteiger partial charge in [0.25, 0.3) is 0 Å². The Morgan fingerprint density at radius 1 is 0.971 bits per heavy atom. The number of methoxy groups -OCH3 is 1. The average molecular weight is 463 g/mol. The summed E-state index contributed by atoms with van der Waals surface area (Å²) >= 11 is 0. The van der Waals surface area contributed by atoms with Crippen molar-refractivity contribution in [2.75, 3.05) is 30.4 Å². The van der Waals surface area contributed by atoms with E-state index in [0.717, 1.165) is 61.8 Å². The Morgan fingerprint density at radius 3 is 2.53 bits per heavy atom. The van der Waals surface area contributed by atoms with E-state index in [1.165, 1.54) is 25.0 Å². The second-order valence-electron chi connectivity index (χ2n) is 9.18. The molecule has 1 aromatic carbocycles. The molecular weight excluding hydrogens is 431 g/mol. The van der Waals surface area contributed by atoms with Crippen LogP contribution in [0.4, 0.5) is 16.0 Å². The average Bonchev–Trinajstić information content (AvgIpc) is 3.38. The van der Waals surface area contributed by atoms with Crippen LogP contribution in [-0.2, 0) is 4.74 Å². The molecule has 0 unspecified atom stereocenters. The van der Waals surface area contributed by atoms with Gasteiger partial charge in [-0.05, 0) is 69.7 Å². The Morgan fingerprint density at radius 2 is 1.76 bits per heavy atom. The van der Waals surface area contributed by atoms with Gasteiger partial charge >= 0.3 is 0 Å². The van der Waals surface area contributed by atoms with Gasteiger partial charge in [-0.25, -0.2) is 24.3 Å². The van der Waals surface area contributed by atoms with Crippen LogP contribution in [-0.4, -0.2) is 52.3 Å². The fourth-order valence-electron chi connectivity index (χ4n) is 4.80. The Balaban J connectivity index is 1.41. The van der Waals surface area contributed by atoms with Gasteiger partial charge in [0.05, 0.1) is 28.5 Å². The smallest absolute Gasteiger partial charge is 0.156 e. The molecule has 34 heavy (non-hydrogen) atoms. The molecule has 3 heterocycles. The van der Waals surface area contributed by atoms with E-state index in [4.69, 9.17) is 14.7 Å². The van der Waals surface area contributed by atoms with E-state index in [2.05, 4.69) is 26.3 Å². The molecule has 0 amide bonds. The first kappa shape index (κ1) is 22.7. The van der Waals surface area contributed by atoms with Gasteiger partial charge in [-0.1, -0.05) is 0 Å². The number of fused-ring (bicyclic) bond motifs is 1. The molecule has 1 saturated heterocycles. The van der Waals surface area contributed by atoms with Crippen LogP contribution < -0.4 is 10.2 Å². The summed E-state index contributed by atoms with van der Waals surface area (Å²) in [5.41, 5.74) is 2.67. The highest BCUT2D eigenvalue weighted by Crippen LogP contribution is 2.26. The summed E-state index contributed by atoms with van der Waals surface area (Å²) in [6.07, 6.45) is 10.8. The SMILES string of the molecule is COC1CCC(Nc2cc(N3CCCC3)nc(C=Cc3nc4ccc(F)cc4nc3C)n2)CC1. The van der Waals surface area contributed by atoms with Crippen LogP contribution in [0.25, 0.3) is 23.2 Å². The maximum Gasteiger partial charge on any atom is 0.156 e. The molecule has 0 atom stereocenters. The monoisotopic (exact) mass is 462 g/mol. The number of nitrogens with zero attached hydrogens (tertiary/aromatic N) is 5. The molecule has 5 rings (SSSR count). The van der Waals surface area contributed by atoms with Crippen molar-refractivity contribution >= 4 is 34.8 Å². The number of ether oxygens (including phenoxy) is 1. The zero-order valence-corrected chi connectivity index (χ0v) is 19.8. The highest BCUT2D eigenvalue weighted by atomic mass is 19.1. The van der Waals surface area contributed by atoms with Gasteiger partial charge in [0.15, 0.2) is 5.82 Å². The molecule has 8 heteroatoms. The number of nitrogens with one attached hydrogen (secondary N) is 1. The van der Waals surface area contributed by atoms with E-state index in [1.807, 2.05) is 19.1 Å². The van der Waals surface area contributed by atoms with E-state index >= 15 is 0 Å². The number of rotatable bonds is 6. The number of hydrogen-bond acceptors (Lipinski definition) is 7. The van der Waals surface area contributed by atoms with Crippen molar-refractivity contribution in [3.63, 3.8) is 0 Å². The fourth-order valence-corrected chi connectivity index (χ4v) is 4.80. The lowest BCUT2D eigenvalue weighted by atomic mass is 9.93. The number of hydrogen-bond donors (Lipinski definition) is 1. The second-order valence-corrected chi connectivity index (χ2v) is 9.18. The highest BCUT2D eigenvalue weighted by Gasteiger charge is 2.22. The van der Waals surface area contributed by atoms with Gasteiger partial charge in [0.1, 0.15) is 17.5 Å². The Kier molecular flexibility index (Phi) is 6.67. The van der Waals surface area contributed by atoms with Crippen molar-refractivity contribution in [3.8, 4) is 0 Å². The van der Waals surface area contributed by atoms with Crippen LogP contribution in [0.3, 0.4) is 0 Å². The maximum absolute atomic E-state index is 13.5. The van der Waals surface area contributed by atoms with Crippen LogP contribution >= 0.6 is 0 Å². The minimum Gasteiger partial charge on any atom is -0.381 e. The molecule has 3 aromatic rings. The first-order chi connectivity index (χ1) is 16.6. The normalized spacial score (nSPS) is 21.0. The molecule has 178 valence electrons. The molecule has 1 aliphatic carbocycles. The van der Waals surface area contributed by atoms with E-state index in [9.17, 15) is 4.39 Å². The lowest BCUT2D eigenvalue weighted by Crippen LogP contribution is -2.30. The fraction of sp³-hybridized carbons (Fsp3) is 0.462. The number of halogens is 1. The number of anilines is 2. The molecule has 2 fully saturated rings. The Hall–Kier alpha value is -3.13. The Bertz CT molecular complexity index is 1190. The molecular formula is C26H31FN6O. The van der Waals surface area contributed by atoms with E-state index in [-0.39, 0.29) is 5.82 Å².